The highest BCUT2D eigenvalue weighted by atomic mass is 16.5. The van der Waals surface area contributed by atoms with Gasteiger partial charge in [-0.3, -0.25) is 4.90 Å². The number of nitriles is 1. The molecule has 13 heavy (non-hydrogen) atoms. The summed E-state index contributed by atoms with van der Waals surface area (Å²) in [7, 11) is 0. The monoisotopic (exact) mass is 182 g/mol. The fourth-order valence-electron chi connectivity index (χ4n) is 1.78. The molecule has 0 amide bonds. The van der Waals surface area contributed by atoms with Crippen molar-refractivity contribution in [3.05, 3.63) is 0 Å². The van der Waals surface area contributed by atoms with Crippen LogP contribution in [-0.2, 0) is 4.74 Å². The van der Waals surface area contributed by atoms with Gasteiger partial charge in [0.1, 0.15) is 0 Å². The van der Waals surface area contributed by atoms with E-state index in [0.29, 0.717) is 6.04 Å². The average molecular weight is 182 g/mol. The lowest BCUT2D eigenvalue weighted by molar-refractivity contribution is 0.0982. The summed E-state index contributed by atoms with van der Waals surface area (Å²) < 4.78 is 5.43. The first kappa shape index (κ1) is 10.5. The molecule has 0 bridgehead atoms. The molecule has 0 saturated carbocycles. The Labute approximate surface area is 80.3 Å². The second kappa shape index (κ2) is 5.21. The molecule has 1 saturated heterocycles. The highest BCUT2D eigenvalue weighted by Crippen LogP contribution is 2.12. The van der Waals surface area contributed by atoms with Gasteiger partial charge in [-0.2, -0.15) is 5.26 Å². The summed E-state index contributed by atoms with van der Waals surface area (Å²) in [5, 5.41) is 8.96. The van der Waals surface area contributed by atoms with Crippen molar-refractivity contribution < 1.29 is 4.74 Å². The second-order valence-corrected chi connectivity index (χ2v) is 3.57. The Morgan fingerprint density at radius 1 is 1.69 bits per heavy atom. The Morgan fingerprint density at radius 3 is 3.08 bits per heavy atom. The molecule has 74 valence electrons. The van der Waals surface area contributed by atoms with Crippen molar-refractivity contribution in [2.24, 2.45) is 0 Å². The standard InChI is InChI=1S/C10H18N2O/c1-3-10(7-11)12-5-4-6-13-8-9(12)2/h9-10H,3-6,8H2,1-2H3. The number of hydrogen-bond donors (Lipinski definition) is 0. The first-order chi connectivity index (χ1) is 6.29. The SMILES string of the molecule is CCC(C#N)N1CCCOCC1C. The molecule has 0 spiro atoms. The number of hydrogen-bond acceptors (Lipinski definition) is 3. The van der Waals surface area contributed by atoms with Crippen LogP contribution >= 0.6 is 0 Å². The fourth-order valence-corrected chi connectivity index (χ4v) is 1.78. The number of rotatable bonds is 2. The van der Waals surface area contributed by atoms with E-state index in [1.807, 2.05) is 0 Å². The lowest BCUT2D eigenvalue weighted by atomic mass is 10.1. The Bertz CT molecular complexity index is 188. The second-order valence-electron chi connectivity index (χ2n) is 3.57. The molecule has 1 aliphatic heterocycles. The summed E-state index contributed by atoms with van der Waals surface area (Å²) in [5.41, 5.74) is 0. The highest BCUT2D eigenvalue weighted by molar-refractivity contribution is 4.93. The molecule has 0 aromatic rings. The molecule has 0 aromatic carbocycles. The molecular formula is C10H18N2O. The van der Waals surface area contributed by atoms with Gasteiger partial charge >= 0.3 is 0 Å². The van der Waals surface area contributed by atoms with Crippen molar-refractivity contribution in [2.75, 3.05) is 19.8 Å². The largest absolute Gasteiger partial charge is 0.380 e. The lowest BCUT2D eigenvalue weighted by Gasteiger charge is -2.29. The fraction of sp³-hybridized carbons (Fsp3) is 0.900. The first-order valence-electron chi connectivity index (χ1n) is 5.02. The van der Waals surface area contributed by atoms with E-state index >= 15 is 0 Å². The van der Waals surface area contributed by atoms with Crippen LogP contribution in [0.15, 0.2) is 0 Å². The third kappa shape index (κ3) is 2.68. The van der Waals surface area contributed by atoms with E-state index < -0.39 is 0 Å². The van der Waals surface area contributed by atoms with E-state index in [0.717, 1.165) is 32.6 Å². The van der Waals surface area contributed by atoms with Gasteiger partial charge in [-0.05, 0) is 19.8 Å². The zero-order chi connectivity index (χ0) is 9.68. The van der Waals surface area contributed by atoms with Gasteiger partial charge in [-0.25, -0.2) is 0 Å². The van der Waals surface area contributed by atoms with Crippen molar-refractivity contribution in [3.8, 4) is 6.07 Å². The topological polar surface area (TPSA) is 36.3 Å². The molecule has 1 fully saturated rings. The van der Waals surface area contributed by atoms with Gasteiger partial charge in [0.05, 0.1) is 18.7 Å². The lowest BCUT2D eigenvalue weighted by Crippen LogP contribution is -2.42. The Hall–Kier alpha value is -0.590. The number of nitrogens with zero attached hydrogens (tertiary/aromatic N) is 2. The molecule has 1 heterocycles. The summed E-state index contributed by atoms with van der Waals surface area (Å²) in [4.78, 5) is 2.26. The minimum Gasteiger partial charge on any atom is -0.380 e. The van der Waals surface area contributed by atoms with Gasteiger partial charge in [0, 0.05) is 19.2 Å². The van der Waals surface area contributed by atoms with Crippen LogP contribution in [-0.4, -0.2) is 36.7 Å². The van der Waals surface area contributed by atoms with Gasteiger partial charge < -0.3 is 4.74 Å². The smallest absolute Gasteiger partial charge is 0.0978 e. The van der Waals surface area contributed by atoms with Gasteiger partial charge in [0.15, 0.2) is 0 Å². The first-order valence-corrected chi connectivity index (χ1v) is 5.02. The zero-order valence-electron chi connectivity index (χ0n) is 8.49. The molecule has 2 atom stereocenters. The van der Waals surface area contributed by atoms with Crippen LogP contribution in [0.4, 0.5) is 0 Å². The van der Waals surface area contributed by atoms with E-state index in [4.69, 9.17) is 10.00 Å². The summed E-state index contributed by atoms with van der Waals surface area (Å²) in [6.07, 6.45) is 1.95. The quantitative estimate of drug-likeness (QED) is 0.647. The maximum Gasteiger partial charge on any atom is 0.0978 e. The Balaban J connectivity index is 2.58. The molecule has 3 heteroatoms. The summed E-state index contributed by atoms with van der Waals surface area (Å²) in [5.74, 6) is 0. The third-order valence-corrected chi connectivity index (χ3v) is 2.57. The van der Waals surface area contributed by atoms with E-state index in [1.54, 1.807) is 0 Å². The predicted octanol–water partition coefficient (Wildman–Crippen LogP) is 1.40. The van der Waals surface area contributed by atoms with Crippen LogP contribution in [0.2, 0.25) is 0 Å². The normalized spacial score (nSPS) is 27.6. The zero-order valence-corrected chi connectivity index (χ0v) is 8.49. The van der Waals surface area contributed by atoms with Crippen molar-refractivity contribution in [3.63, 3.8) is 0 Å². The minimum absolute atomic E-state index is 0.0664. The van der Waals surface area contributed by atoms with Gasteiger partial charge in [0.2, 0.25) is 0 Å². The molecule has 0 aromatic heterocycles. The molecule has 1 rings (SSSR count). The van der Waals surface area contributed by atoms with E-state index in [-0.39, 0.29) is 6.04 Å². The minimum atomic E-state index is 0.0664. The van der Waals surface area contributed by atoms with E-state index in [9.17, 15) is 0 Å². The maximum absolute atomic E-state index is 8.96. The van der Waals surface area contributed by atoms with Crippen LogP contribution in [0.1, 0.15) is 26.7 Å². The van der Waals surface area contributed by atoms with Crippen molar-refractivity contribution in [1.29, 1.82) is 5.26 Å². The van der Waals surface area contributed by atoms with Crippen LogP contribution in [0.25, 0.3) is 0 Å². The van der Waals surface area contributed by atoms with Crippen molar-refractivity contribution in [1.82, 2.24) is 4.90 Å². The number of ether oxygens (including phenoxy) is 1. The molecule has 3 nitrogen and oxygen atoms in total. The summed E-state index contributed by atoms with van der Waals surface area (Å²) >= 11 is 0. The van der Waals surface area contributed by atoms with Gasteiger partial charge in [-0.1, -0.05) is 6.92 Å². The third-order valence-electron chi connectivity index (χ3n) is 2.57. The molecule has 0 aliphatic carbocycles. The van der Waals surface area contributed by atoms with Crippen molar-refractivity contribution in [2.45, 2.75) is 38.8 Å². The average Bonchev–Trinajstić information content (AvgIpc) is 2.34. The maximum atomic E-state index is 8.96. The Morgan fingerprint density at radius 2 is 2.46 bits per heavy atom. The van der Waals surface area contributed by atoms with E-state index in [1.165, 1.54) is 0 Å². The summed E-state index contributed by atoms with van der Waals surface area (Å²) in [6, 6.07) is 2.80. The molecule has 1 aliphatic rings. The van der Waals surface area contributed by atoms with Gasteiger partial charge in [0.25, 0.3) is 0 Å². The molecule has 2 unspecified atom stereocenters. The highest BCUT2D eigenvalue weighted by Gasteiger charge is 2.23. The van der Waals surface area contributed by atoms with Crippen LogP contribution in [0.3, 0.4) is 0 Å². The van der Waals surface area contributed by atoms with Crippen molar-refractivity contribution >= 4 is 0 Å². The van der Waals surface area contributed by atoms with Crippen LogP contribution in [0, 0.1) is 11.3 Å². The molecular weight excluding hydrogens is 164 g/mol. The van der Waals surface area contributed by atoms with E-state index in [2.05, 4.69) is 24.8 Å². The predicted molar refractivity (Wildman–Crippen MR) is 51.3 cm³/mol. The summed E-state index contributed by atoms with van der Waals surface area (Å²) in [6.45, 7) is 6.78. The Kier molecular flexibility index (Phi) is 4.20. The molecule has 0 radical (unpaired) electrons. The van der Waals surface area contributed by atoms with Crippen LogP contribution in [0.5, 0.6) is 0 Å². The molecule has 0 N–H and O–H groups in total. The van der Waals surface area contributed by atoms with Crippen LogP contribution < -0.4 is 0 Å². The van der Waals surface area contributed by atoms with Gasteiger partial charge in [-0.15, -0.1) is 0 Å².